The Morgan fingerprint density at radius 3 is 2.42 bits per heavy atom. The highest BCUT2D eigenvalue weighted by Crippen LogP contribution is 2.15. The third kappa shape index (κ3) is 4.91. The van der Waals surface area contributed by atoms with Gasteiger partial charge in [-0.15, -0.1) is 0 Å². The van der Waals surface area contributed by atoms with E-state index >= 15 is 0 Å². The molecular weight excluding hydrogens is 254 g/mol. The first-order valence-corrected chi connectivity index (χ1v) is 7.46. The van der Waals surface area contributed by atoms with Gasteiger partial charge in [0.2, 0.25) is 0 Å². The monoisotopic (exact) mass is 273 g/mol. The smallest absolute Gasteiger partial charge is 0.187 e. The Hall–Kier alpha value is -1.55. The highest BCUT2D eigenvalue weighted by molar-refractivity contribution is 7.99. The molecule has 4 heteroatoms. The molecule has 0 bridgehead atoms. The van der Waals surface area contributed by atoms with Gasteiger partial charge in [0.25, 0.3) is 0 Å². The Balaban J connectivity index is 1.69. The lowest BCUT2D eigenvalue weighted by Gasteiger charge is -2.06. The van der Waals surface area contributed by atoms with Crippen molar-refractivity contribution in [3.8, 4) is 0 Å². The van der Waals surface area contributed by atoms with Crippen LogP contribution < -0.4 is 5.32 Å². The molecule has 0 radical (unpaired) electrons. The maximum atomic E-state index is 4.42. The van der Waals surface area contributed by atoms with Crippen molar-refractivity contribution in [1.82, 2.24) is 9.97 Å². The summed E-state index contributed by atoms with van der Waals surface area (Å²) in [6.07, 6.45) is 1.09. The van der Waals surface area contributed by atoms with Gasteiger partial charge in [0.1, 0.15) is 0 Å². The molecule has 1 aromatic carbocycles. The largest absolute Gasteiger partial charge is 0.385 e. The van der Waals surface area contributed by atoms with Gasteiger partial charge in [-0.2, -0.15) is 0 Å². The SMILES string of the molecule is Cc1cc(C)nc(SCCCNc2ccccc2)n1. The molecule has 0 aliphatic heterocycles. The van der Waals surface area contributed by atoms with E-state index < -0.39 is 0 Å². The Morgan fingerprint density at radius 1 is 1.05 bits per heavy atom. The van der Waals surface area contributed by atoms with E-state index in [4.69, 9.17) is 0 Å². The van der Waals surface area contributed by atoms with Crippen LogP contribution in [0.25, 0.3) is 0 Å². The van der Waals surface area contributed by atoms with Gasteiger partial charge in [-0.05, 0) is 38.5 Å². The first-order valence-electron chi connectivity index (χ1n) is 6.48. The van der Waals surface area contributed by atoms with Gasteiger partial charge in [-0.1, -0.05) is 30.0 Å². The number of nitrogens with zero attached hydrogens (tertiary/aromatic N) is 2. The highest BCUT2D eigenvalue weighted by Gasteiger charge is 2.00. The van der Waals surface area contributed by atoms with Crippen molar-refractivity contribution < 1.29 is 0 Å². The molecule has 3 nitrogen and oxygen atoms in total. The molecule has 19 heavy (non-hydrogen) atoms. The van der Waals surface area contributed by atoms with Crippen LogP contribution in [0, 0.1) is 13.8 Å². The lowest BCUT2D eigenvalue weighted by atomic mass is 10.3. The predicted molar refractivity (Wildman–Crippen MR) is 81.8 cm³/mol. The van der Waals surface area contributed by atoms with Crippen LogP contribution >= 0.6 is 11.8 Å². The average Bonchev–Trinajstić information content (AvgIpc) is 2.38. The molecule has 0 unspecified atom stereocenters. The quantitative estimate of drug-likeness (QED) is 0.495. The van der Waals surface area contributed by atoms with E-state index in [-0.39, 0.29) is 0 Å². The average molecular weight is 273 g/mol. The van der Waals surface area contributed by atoms with E-state index in [0.29, 0.717) is 0 Å². The number of hydrogen-bond donors (Lipinski definition) is 1. The lowest BCUT2D eigenvalue weighted by Crippen LogP contribution is -2.02. The van der Waals surface area contributed by atoms with Gasteiger partial charge in [0, 0.05) is 29.4 Å². The summed E-state index contributed by atoms with van der Waals surface area (Å²) in [5.74, 6) is 1.03. The summed E-state index contributed by atoms with van der Waals surface area (Å²) >= 11 is 1.72. The van der Waals surface area contributed by atoms with E-state index in [9.17, 15) is 0 Å². The summed E-state index contributed by atoms with van der Waals surface area (Å²) in [6.45, 7) is 4.99. The van der Waals surface area contributed by atoms with E-state index in [1.54, 1.807) is 11.8 Å². The Labute approximate surface area is 118 Å². The summed E-state index contributed by atoms with van der Waals surface area (Å²) in [4.78, 5) is 8.84. The van der Waals surface area contributed by atoms with Gasteiger partial charge in [0.05, 0.1) is 0 Å². The fourth-order valence-electron chi connectivity index (χ4n) is 1.78. The second kappa shape index (κ2) is 7.14. The number of anilines is 1. The third-order valence-corrected chi connectivity index (χ3v) is 3.55. The van der Waals surface area contributed by atoms with E-state index in [1.807, 2.05) is 38.1 Å². The number of para-hydroxylation sites is 1. The molecule has 0 saturated heterocycles. The molecule has 1 N–H and O–H groups in total. The molecule has 0 atom stereocenters. The van der Waals surface area contributed by atoms with Crippen molar-refractivity contribution in [1.29, 1.82) is 0 Å². The lowest BCUT2D eigenvalue weighted by molar-refractivity contribution is 0.896. The number of aryl methyl sites for hydroxylation is 2. The van der Waals surface area contributed by atoms with Crippen molar-refractivity contribution in [2.45, 2.75) is 25.4 Å². The van der Waals surface area contributed by atoms with Gasteiger partial charge >= 0.3 is 0 Å². The van der Waals surface area contributed by atoms with Crippen molar-refractivity contribution >= 4 is 17.4 Å². The second-order valence-electron chi connectivity index (χ2n) is 4.43. The third-order valence-electron chi connectivity index (χ3n) is 2.62. The summed E-state index contributed by atoms with van der Waals surface area (Å²) in [6, 6.07) is 12.3. The van der Waals surface area contributed by atoms with Gasteiger partial charge < -0.3 is 5.32 Å². The maximum absolute atomic E-state index is 4.42. The normalized spacial score (nSPS) is 10.4. The maximum Gasteiger partial charge on any atom is 0.187 e. The summed E-state index contributed by atoms with van der Waals surface area (Å²) in [5.41, 5.74) is 3.25. The number of benzene rings is 1. The topological polar surface area (TPSA) is 37.8 Å². The molecule has 2 rings (SSSR count). The van der Waals surface area contributed by atoms with Gasteiger partial charge in [-0.25, -0.2) is 9.97 Å². The number of thioether (sulfide) groups is 1. The van der Waals surface area contributed by atoms with Gasteiger partial charge in [-0.3, -0.25) is 0 Å². The first-order chi connectivity index (χ1) is 9.24. The standard InChI is InChI=1S/C15H19N3S/c1-12-11-13(2)18-15(17-12)19-10-6-9-16-14-7-4-3-5-8-14/h3-5,7-8,11,16H,6,9-10H2,1-2H3. The van der Waals surface area contributed by atoms with Crippen LogP contribution in [0.4, 0.5) is 5.69 Å². The number of aromatic nitrogens is 2. The molecule has 1 aromatic heterocycles. The summed E-state index contributed by atoms with van der Waals surface area (Å²) in [5, 5.41) is 4.29. The van der Waals surface area contributed by atoms with E-state index in [0.717, 1.165) is 35.3 Å². The molecule has 1 heterocycles. The van der Waals surface area contributed by atoms with Crippen LogP contribution in [0.2, 0.25) is 0 Å². The van der Waals surface area contributed by atoms with Crippen LogP contribution in [0.15, 0.2) is 41.6 Å². The van der Waals surface area contributed by atoms with Crippen molar-refractivity contribution in [2.75, 3.05) is 17.6 Å². The first kappa shape index (κ1) is 13.9. The molecule has 0 saturated carbocycles. The molecule has 100 valence electrons. The summed E-state index contributed by atoms with van der Waals surface area (Å²) in [7, 11) is 0. The molecule has 2 aromatic rings. The highest BCUT2D eigenvalue weighted by atomic mass is 32.2. The number of nitrogens with one attached hydrogen (secondary N) is 1. The van der Waals surface area contributed by atoms with Crippen molar-refractivity contribution in [3.05, 3.63) is 47.8 Å². The molecule has 0 spiro atoms. The Morgan fingerprint density at radius 2 is 1.74 bits per heavy atom. The molecule has 0 aliphatic rings. The fraction of sp³-hybridized carbons (Fsp3) is 0.333. The zero-order valence-electron chi connectivity index (χ0n) is 11.4. The van der Waals surface area contributed by atoms with E-state index in [1.165, 1.54) is 5.69 Å². The Bertz CT molecular complexity index is 494. The van der Waals surface area contributed by atoms with Crippen LogP contribution in [-0.2, 0) is 0 Å². The zero-order chi connectivity index (χ0) is 13.5. The van der Waals surface area contributed by atoms with Crippen molar-refractivity contribution in [3.63, 3.8) is 0 Å². The zero-order valence-corrected chi connectivity index (χ0v) is 12.2. The molecule has 0 fully saturated rings. The molecule has 0 amide bonds. The molecular formula is C15H19N3S. The molecule has 0 aliphatic carbocycles. The van der Waals surface area contributed by atoms with Crippen LogP contribution in [0.5, 0.6) is 0 Å². The minimum atomic E-state index is 0.886. The van der Waals surface area contributed by atoms with Crippen molar-refractivity contribution in [2.24, 2.45) is 0 Å². The number of rotatable bonds is 6. The predicted octanol–water partition coefficient (Wildman–Crippen LogP) is 3.69. The second-order valence-corrected chi connectivity index (χ2v) is 5.49. The van der Waals surface area contributed by atoms with Gasteiger partial charge in [0.15, 0.2) is 5.16 Å². The summed E-state index contributed by atoms with van der Waals surface area (Å²) < 4.78 is 0. The minimum absolute atomic E-state index is 0.886. The van der Waals surface area contributed by atoms with Crippen LogP contribution in [-0.4, -0.2) is 22.3 Å². The van der Waals surface area contributed by atoms with E-state index in [2.05, 4.69) is 27.4 Å². The minimum Gasteiger partial charge on any atom is -0.385 e. The fourth-order valence-corrected chi connectivity index (χ4v) is 2.67. The number of hydrogen-bond acceptors (Lipinski definition) is 4. The Kier molecular flexibility index (Phi) is 5.21. The van der Waals surface area contributed by atoms with Crippen LogP contribution in [0.1, 0.15) is 17.8 Å². The van der Waals surface area contributed by atoms with Crippen LogP contribution in [0.3, 0.4) is 0 Å².